The lowest BCUT2D eigenvalue weighted by atomic mass is 9.94. The number of hydrogen-bond donors (Lipinski definition) is 0. The van der Waals surface area contributed by atoms with E-state index in [0.29, 0.717) is 0 Å². The summed E-state index contributed by atoms with van der Waals surface area (Å²) in [6.07, 6.45) is 7.53. The van der Waals surface area contributed by atoms with Gasteiger partial charge in [0.05, 0.1) is 11.2 Å². The summed E-state index contributed by atoms with van der Waals surface area (Å²) >= 11 is 0. The molecule has 0 radical (unpaired) electrons. The van der Waals surface area contributed by atoms with Gasteiger partial charge in [0.2, 0.25) is 0 Å². The number of nitrogens with zero attached hydrogens (tertiary/aromatic N) is 3. The lowest BCUT2D eigenvalue weighted by molar-refractivity contribution is -0.148. The maximum atomic E-state index is 6.51. The van der Waals surface area contributed by atoms with Crippen LogP contribution in [0.3, 0.4) is 0 Å². The smallest absolute Gasteiger partial charge is 0.135 e. The zero-order valence-electron chi connectivity index (χ0n) is 15.2. The van der Waals surface area contributed by atoms with Gasteiger partial charge in [-0.3, -0.25) is 0 Å². The Hall–Kier alpha value is -1.94. The number of hydrogen-bond acceptors (Lipinski definition) is 4. The van der Waals surface area contributed by atoms with Crippen LogP contribution in [-0.2, 0) is 11.2 Å². The number of anilines is 1. The first-order chi connectivity index (χ1) is 12.0. The third-order valence-corrected chi connectivity index (χ3v) is 5.28. The first kappa shape index (κ1) is 16.5. The highest BCUT2D eigenvalue weighted by Gasteiger charge is 2.46. The van der Waals surface area contributed by atoms with Crippen molar-refractivity contribution in [1.82, 2.24) is 9.97 Å². The van der Waals surface area contributed by atoms with Crippen LogP contribution in [0.4, 0.5) is 5.82 Å². The molecular formula is C21H27N3O. The van der Waals surface area contributed by atoms with E-state index in [4.69, 9.17) is 9.72 Å². The first-order valence-electron chi connectivity index (χ1n) is 9.35. The topological polar surface area (TPSA) is 38.2 Å². The predicted octanol–water partition coefficient (Wildman–Crippen LogP) is 4.00. The van der Waals surface area contributed by atoms with Gasteiger partial charge in [0.15, 0.2) is 0 Å². The van der Waals surface area contributed by atoms with Gasteiger partial charge in [-0.2, -0.15) is 0 Å². The third-order valence-electron chi connectivity index (χ3n) is 5.28. The van der Waals surface area contributed by atoms with Crippen LogP contribution in [0, 0.1) is 0 Å². The van der Waals surface area contributed by atoms with Crippen LogP contribution in [0.25, 0.3) is 0 Å². The predicted molar refractivity (Wildman–Crippen MR) is 99.9 cm³/mol. The summed E-state index contributed by atoms with van der Waals surface area (Å²) in [5.74, 6) is 1.91. The highest BCUT2D eigenvalue weighted by Crippen LogP contribution is 2.41. The Balaban J connectivity index is 1.57. The molecule has 1 saturated carbocycles. The van der Waals surface area contributed by atoms with Crippen LogP contribution >= 0.6 is 0 Å². The summed E-state index contributed by atoms with van der Waals surface area (Å²) in [6, 6.07) is 12.5. The van der Waals surface area contributed by atoms with Crippen molar-refractivity contribution < 1.29 is 4.74 Å². The second-order valence-corrected chi connectivity index (χ2v) is 8.10. The summed E-state index contributed by atoms with van der Waals surface area (Å²) in [4.78, 5) is 11.8. The van der Waals surface area contributed by atoms with E-state index in [0.717, 1.165) is 44.0 Å². The number of benzene rings is 1. The number of rotatable bonds is 3. The van der Waals surface area contributed by atoms with Crippen molar-refractivity contribution in [3.05, 3.63) is 54.0 Å². The van der Waals surface area contributed by atoms with Crippen molar-refractivity contribution in [3.63, 3.8) is 0 Å². The second kappa shape index (κ2) is 6.41. The molecule has 2 fully saturated rings. The van der Waals surface area contributed by atoms with Crippen LogP contribution in [-0.4, -0.2) is 34.3 Å². The zero-order valence-corrected chi connectivity index (χ0v) is 15.2. The van der Waals surface area contributed by atoms with Crippen LogP contribution < -0.4 is 4.90 Å². The van der Waals surface area contributed by atoms with E-state index >= 15 is 0 Å². The highest BCUT2D eigenvalue weighted by molar-refractivity contribution is 5.40. The normalized spacial score (nSPS) is 21.6. The molecule has 4 nitrogen and oxygen atoms in total. The van der Waals surface area contributed by atoms with E-state index in [2.05, 4.69) is 48.0 Å². The molecule has 4 rings (SSSR count). The van der Waals surface area contributed by atoms with E-state index in [1.54, 1.807) is 0 Å². The molecule has 2 heterocycles. The molecule has 1 spiro atoms. The number of aromatic nitrogens is 2. The average Bonchev–Trinajstić information content (AvgIpc) is 3.01. The molecule has 0 unspecified atom stereocenters. The summed E-state index contributed by atoms with van der Waals surface area (Å²) in [6.45, 7) is 6.21. The van der Waals surface area contributed by atoms with Crippen molar-refractivity contribution >= 4 is 5.82 Å². The van der Waals surface area contributed by atoms with E-state index in [-0.39, 0.29) is 11.2 Å². The Bertz CT molecular complexity index is 723. The van der Waals surface area contributed by atoms with E-state index in [1.807, 2.05) is 18.3 Å². The summed E-state index contributed by atoms with van der Waals surface area (Å²) in [5.41, 5.74) is 1.11. The van der Waals surface area contributed by atoms with Gasteiger partial charge in [-0.1, -0.05) is 43.2 Å². The SMILES string of the molecule is CC1(C)CN(c2ccnc(Cc3ccccc3)n2)CC2(CCCC2)O1. The molecule has 0 bridgehead atoms. The molecule has 0 atom stereocenters. The molecule has 4 heteroatoms. The fourth-order valence-corrected chi connectivity index (χ4v) is 4.38. The van der Waals surface area contributed by atoms with E-state index in [9.17, 15) is 0 Å². The average molecular weight is 337 g/mol. The first-order valence-corrected chi connectivity index (χ1v) is 9.35. The second-order valence-electron chi connectivity index (χ2n) is 8.10. The molecule has 2 aliphatic rings. The molecule has 0 N–H and O–H groups in total. The maximum Gasteiger partial charge on any atom is 0.135 e. The molecule has 1 aromatic carbocycles. The molecule has 0 amide bonds. The lowest BCUT2D eigenvalue weighted by Crippen LogP contribution is -2.59. The molecule has 1 saturated heterocycles. The van der Waals surface area contributed by atoms with Gasteiger partial charge in [-0.05, 0) is 38.3 Å². The van der Waals surface area contributed by atoms with Gasteiger partial charge in [-0.15, -0.1) is 0 Å². The standard InChI is InChI=1S/C21H27N3O/c1-20(2)15-24(16-21(25-20)11-6-7-12-21)19-10-13-22-18(23-19)14-17-8-4-3-5-9-17/h3-5,8-10,13H,6-7,11-12,14-16H2,1-2H3. The summed E-state index contributed by atoms with van der Waals surface area (Å²) in [7, 11) is 0. The molecule has 25 heavy (non-hydrogen) atoms. The Morgan fingerprint density at radius 1 is 1.04 bits per heavy atom. The van der Waals surface area contributed by atoms with Crippen molar-refractivity contribution in [2.45, 2.75) is 57.2 Å². The fourth-order valence-electron chi connectivity index (χ4n) is 4.38. The van der Waals surface area contributed by atoms with Gasteiger partial charge in [0, 0.05) is 25.7 Å². The maximum absolute atomic E-state index is 6.51. The molecule has 1 aliphatic carbocycles. The van der Waals surface area contributed by atoms with Gasteiger partial charge in [-0.25, -0.2) is 9.97 Å². The fraction of sp³-hybridized carbons (Fsp3) is 0.524. The van der Waals surface area contributed by atoms with Crippen molar-refractivity contribution in [1.29, 1.82) is 0 Å². The van der Waals surface area contributed by atoms with Gasteiger partial charge >= 0.3 is 0 Å². The Morgan fingerprint density at radius 2 is 1.80 bits per heavy atom. The minimum absolute atomic E-state index is 0.00624. The molecular weight excluding hydrogens is 310 g/mol. The van der Waals surface area contributed by atoms with Crippen molar-refractivity contribution in [2.75, 3.05) is 18.0 Å². The summed E-state index contributed by atoms with van der Waals surface area (Å²) in [5, 5.41) is 0. The minimum atomic E-state index is -0.146. The lowest BCUT2D eigenvalue weighted by Gasteiger charge is -2.49. The number of morpholine rings is 1. The van der Waals surface area contributed by atoms with Gasteiger partial charge in [0.1, 0.15) is 11.6 Å². The zero-order chi connectivity index (χ0) is 17.3. The van der Waals surface area contributed by atoms with Crippen LogP contribution in [0.5, 0.6) is 0 Å². The minimum Gasteiger partial charge on any atom is -0.365 e. The largest absolute Gasteiger partial charge is 0.365 e. The monoisotopic (exact) mass is 337 g/mol. The van der Waals surface area contributed by atoms with Gasteiger partial charge in [0.25, 0.3) is 0 Å². The third kappa shape index (κ3) is 3.69. The van der Waals surface area contributed by atoms with E-state index in [1.165, 1.54) is 18.4 Å². The Labute approximate surface area is 150 Å². The van der Waals surface area contributed by atoms with Crippen LogP contribution in [0.1, 0.15) is 50.9 Å². The molecule has 1 aliphatic heterocycles. The van der Waals surface area contributed by atoms with Crippen molar-refractivity contribution in [3.8, 4) is 0 Å². The van der Waals surface area contributed by atoms with Crippen LogP contribution in [0.15, 0.2) is 42.6 Å². The van der Waals surface area contributed by atoms with Crippen LogP contribution in [0.2, 0.25) is 0 Å². The Morgan fingerprint density at radius 3 is 2.56 bits per heavy atom. The summed E-state index contributed by atoms with van der Waals surface area (Å²) < 4.78 is 6.51. The molecule has 2 aromatic rings. The van der Waals surface area contributed by atoms with E-state index < -0.39 is 0 Å². The number of ether oxygens (including phenoxy) is 1. The molecule has 1 aromatic heterocycles. The Kier molecular flexibility index (Phi) is 4.24. The molecule has 132 valence electrons. The highest BCUT2D eigenvalue weighted by atomic mass is 16.5. The van der Waals surface area contributed by atoms with Crippen molar-refractivity contribution in [2.24, 2.45) is 0 Å². The van der Waals surface area contributed by atoms with Gasteiger partial charge < -0.3 is 9.64 Å². The quantitative estimate of drug-likeness (QED) is 0.849.